The van der Waals surface area contributed by atoms with E-state index in [4.69, 9.17) is 14.2 Å². The second-order valence-corrected chi connectivity index (χ2v) is 10.0. The van der Waals surface area contributed by atoms with Crippen molar-refractivity contribution in [2.24, 2.45) is 0 Å². The van der Waals surface area contributed by atoms with E-state index in [-0.39, 0.29) is 5.78 Å². The summed E-state index contributed by atoms with van der Waals surface area (Å²) in [5.74, 6) is 2.26. The molecule has 0 aliphatic heterocycles. The normalized spacial score (nSPS) is 15.3. The van der Waals surface area contributed by atoms with E-state index in [1.54, 1.807) is 7.11 Å². The summed E-state index contributed by atoms with van der Waals surface area (Å²) in [6.45, 7) is 2.95. The SMILES string of the molecule is COc1ccc(/C=C2\CCC/C(=C\c3ccc(C)cc3OCc3ccccc3)C2=O)c(OCc2ccccc2)c1. The molecule has 5 rings (SSSR count). The van der Waals surface area contributed by atoms with Crippen LogP contribution >= 0.6 is 0 Å². The van der Waals surface area contributed by atoms with Crippen LogP contribution in [0.25, 0.3) is 12.2 Å². The van der Waals surface area contributed by atoms with E-state index in [1.807, 2.05) is 110 Å². The highest BCUT2D eigenvalue weighted by Gasteiger charge is 2.22. The first-order chi connectivity index (χ1) is 19.6. The first-order valence-corrected chi connectivity index (χ1v) is 13.7. The van der Waals surface area contributed by atoms with Gasteiger partial charge in [0, 0.05) is 28.3 Å². The van der Waals surface area contributed by atoms with Gasteiger partial charge in [0.15, 0.2) is 5.78 Å². The number of carbonyl (C=O) groups excluding carboxylic acids is 1. The summed E-state index contributed by atoms with van der Waals surface area (Å²) in [4.78, 5) is 13.7. The minimum Gasteiger partial charge on any atom is -0.497 e. The van der Waals surface area contributed by atoms with Gasteiger partial charge in [-0.15, -0.1) is 0 Å². The summed E-state index contributed by atoms with van der Waals surface area (Å²) < 4.78 is 17.8. The zero-order chi connectivity index (χ0) is 27.7. The molecule has 0 saturated heterocycles. The molecule has 0 aromatic heterocycles. The van der Waals surface area contributed by atoms with Crippen molar-refractivity contribution in [1.29, 1.82) is 0 Å². The molecule has 202 valence electrons. The zero-order valence-electron chi connectivity index (χ0n) is 23.1. The second-order valence-electron chi connectivity index (χ2n) is 10.0. The molecule has 1 aliphatic rings. The summed E-state index contributed by atoms with van der Waals surface area (Å²) >= 11 is 0. The quantitative estimate of drug-likeness (QED) is 0.204. The zero-order valence-corrected chi connectivity index (χ0v) is 23.1. The fourth-order valence-electron chi connectivity index (χ4n) is 4.80. The van der Waals surface area contributed by atoms with E-state index in [2.05, 4.69) is 6.07 Å². The summed E-state index contributed by atoms with van der Waals surface area (Å²) in [5.41, 5.74) is 6.66. The lowest BCUT2D eigenvalue weighted by atomic mass is 9.86. The second kappa shape index (κ2) is 13.0. The van der Waals surface area contributed by atoms with E-state index in [0.717, 1.165) is 64.0 Å². The molecule has 1 saturated carbocycles. The summed E-state index contributed by atoms with van der Waals surface area (Å²) in [5, 5.41) is 0. The summed E-state index contributed by atoms with van der Waals surface area (Å²) in [6, 6.07) is 32.0. The largest absolute Gasteiger partial charge is 0.497 e. The number of allylic oxidation sites excluding steroid dienone is 2. The molecular weight excluding hydrogens is 496 g/mol. The van der Waals surface area contributed by atoms with Crippen molar-refractivity contribution in [3.05, 3.63) is 136 Å². The molecule has 4 aromatic carbocycles. The number of ketones is 1. The maximum atomic E-state index is 13.7. The summed E-state index contributed by atoms with van der Waals surface area (Å²) in [7, 11) is 1.64. The van der Waals surface area contributed by atoms with Crippen LogP contribution < -0.4 is 14.2 Å². The van der Waals surface area contributed by atoms with Crippen LogP contribution in [0.1, 0.15) is 47.1 Å². The number of aryl methyl sites for hydroxylation is 1. The van der Waals surface area contributed by atoms with Gasteiger partial charge in [0.1, 0.15) is 30.5 Å². The summed E-state index contributed by atoms with van der Waals surface area (Å²) in [6.07, 6.45) is 6.34. The number of rotatable bonds is 9. The molecule has 4 aromatic rings. The predicted molar refractivity (Wildman–Crippen MR) is 161 cm³/mol. The highest BCUT2D eigenvalue weighted by Crippen LogP contribution is 2.34. The highest BCUT2D eigenvalue weighted by molar-refractivity contribution is 6.14. The van der Waals surface area contributed by atoms with Gasteiger partial charge >= 0.3 is 0 Å². The fourth-order valence-corrected chi connectivity index (χ4v) is 4.80. The molecule has 1 fully saturated rings. The Morgan fingerprint density at radius 2 is 1.20 bits per heavy atom. The molecule has 0 heterocycles. The van der Waals surface area contributed by atoms with Crippen LogP contribution in [0.15, 0.2) is 108 Å². The van der Waals surface area contributed by atoms with Crippen LogP contribution in [-0.2, 0) is 18.0 Å². The highest BCUT2D eigenvalue weighted by atomic mass is 16.5. The van der Waals surface area contributed by atoms with Gasteiger partial charge < -0.3 is 14.2 Å². The number of methoxy groups -OCH3 is 1. The predicted octanol–water partition coefficient (Wildman–Crippen LogP) is 8.38. The van der Waals surface area contributed by atoms with E-state index in [1.165, 1.54) is 0 Å². The van der Waals surface area contributed by atoms with Crippen molar-refractivity contribution in [2.45, 2.75) is 39.4 Å². The third-order valence-corrected chi connectivity index (χ3v) is 7.00. The molecule has 4 nitrogen and oxygen atoms in total. The third-order valence-electron chi connectivity index (χ3n) is 7.00. The van der Waals surface area contributed by atoms with E-state index >= 15 is 0 Å². The lowest BCUT2D eigenvalue weighted by molar-refractivity contribution is -0.112. The van der Waals surface area contributed by atoms with E-state index in [9.17, 15) is 4.79 Å². The maximum absolute atomic E-state index is 13.7. The van der Waals surface area contributed by atoms with Gasteiger partial charge in [0.05, 0.1) is 7.11 Å². The molecule has 0 spiro atoms. The average Bonchev–Trinajstić information content (AvgIpc) is 2.99. The van der Waals surface area contributed by atoms with Crippen molar-refractivity contribution in [1.82, 2.24) is 0 Å². The van der Waals surface area contributed by atoms with Crippen LogP contribution in [0.4, 0.5) is 0 Å². The van der Waals surface area contributed by atoms with Crippen molar-refractivity contribution >= 4 is 17.9 Å². The Hall–Kier alpha value is -4.57. The molecule has 0 unspecified atom stereocenters. The average molecular weight is 531 g/mol. The van der Waals surface area contributed by atoms with E-state index in [0.29, 0.717) is 24.7 Å². The molecule has 1 aliphatic carbocycles. The van der Waals surface area contributed by atoms with Gasteiger partial charge in [-0.05, 0) is 73.2 Å². The Bertz CT molecular complexity index is 1520. The molecule has 0 amide bonds. The Kier molecular flexibility index (Phi) is 8.77. The van der Waals surface area contributed by atoms with Gasteiger partial charge in [-0.2, -0.15) is 0 Å². The molecule has 4 heteroatoms. The standard InChI is InChI=1S/C36H34O4/c1-26-16-17-29(34(20-26)39-24-27-10-5-3-6-11-27)21-31-14-9-15-32(36(31)37)22-30-18-19-33(38-2)23-35(30)40-25-28-12-7-4-8-13-28/h3-8,10-13,16-23H,9,14-15,24-25H2,1-2H3/b31-21+,32-22+. The Morgan fingerprint density at radius 1 is 0.675 bits per heavy atom. The lowest BCUT2D eigenvalue weighted by Crippen LogP contribution is -2.12. The van der Waals surface area contributed by atoms with Crippen LogP contribution in [0.3, 0.4) is 0 Å². The van der Waals surface area contributed by atoms with Crippen LogP contribution in [-0.4, -0.2) is 12.9 Å². The molecule has 0 N–H and O–H groups in total. The fraction of sp³-hybridized carbons (Fsp3) is 0.194. The first kappa shape index (κ1) is 27.0. The van der Waals surface area contributed by atoms with Gasteiger partial charge in [-0.25, -0.2) is 0 Å². The van der Waals surface area contributed by atoms with Gasteiger partial charge in [0.25, 0.3) is 0 Å². The van der Waals surface area contributed by atoms with Crippen molar-refractivity contribution in [2.75, 3.05) is 7.11 Å². The van der Waals surface area contributed by atoms with Crippen LogP contribution in [0.2, 0.25) is 0 Å². The number of benzene rings is 4. The number of hydrogen-bond acceptors (Lipinski definition) is 4. The minimum atomic E-state index is 0.0747. The molecular formula is C36H34O4. The van der Waals surface area contributed by atoms with Crippen molar-refractivity contribution in [3.63, 3.8) is 0 Å². The van der Waals surface area contributed by atoms with Crippen molar-refractivity contribution < 1.29 is 19.0 Å². The topological polar surface area (TPSA) is 44.8 Å². The van der Waals surface area contributed by atoms with Gasteiger partial charge in [-0.3, -0.25) is 4.79 Å². The third kappa shape index (κ3) is 6.89. The smallest absolute Gasteiger partial charge is 0.185 e. The molecule has 40 heavy (non-hydrogen) atoms. The lowest BCUT2D eigenvalue weighted by Gasteiger charge is -2.18. The van der Waals surface area contributed by atoms with Crippen molar-refractivity contribution in [3.8, 4) is 17.2 Å². The van der Waals surface area contributed by atoms with E-state index < -0.39 is 0 Å². The minimum absolute atomic E-state index is 0.0747. The maximum Gasteiger partial charge on any atom is 0.185 e. The number of Topliss-reactive ketones (excluding diaryl/α,β-unsaturated/α-hetero) is 1. The van der Waals surface area contributed by atoms with Crippen LogP contribution in [0.5, 0.6) is 17.2 Å². The number of ether oxygens (including phenoxy) is 3. The molecule has 0 bridgehead atoms. The van der Waals surface area contributed by atoms with Gasteiger partial charge in [0.2, 0.25) is 0 Å². The Balaban J connectivity index is 1.39. The number of hydrogen-bond donors (Lipinski definition) is 0. The first-order valence-electron chi connectivity index (χ1n) is 13.7. The molecule has 0 atom stereocenters. The Morgan fingerprint density at radius 3 is 1.75 bits per heavy atom. The molecule has 0 radical (unpaired) electrons. The van der Waals surface area contributed by atoms with Crippen LogP contribution in [0, 0.1) is 6.92 Å². The number of carbonyl (C=O) groups is 1. The van der Waals surface area contributed by atoms with Gasteiger partial charge in [-0.1, -0.05) is 72.8 Å². The Labute approximate surface area is 236 Å². The monoisotopic (exact) mass is 530 g/mol.